The first-order valence-corrected chi connectivity index (χ1v) is 9.13. The molecule has 1 aliphatic carbocycles. The number of hydrogen-bond acceptors (Lipinski definition) is 4. The lowest BCUT2D eigenvalue weighted by Gasteiger charge is -2.16. The van der Waals surface area contributed by atoms with E-state index in [0.29, 0.717) is 36.5 Å². The van der Waals surface area contributed by atoms with Crippen molar-refractivity contribution in [3.05, 3.63) is 11.8 Å². The van der Waals surface area contributed by atoms with E-state index in [4.69, 9.17) is 0 Å². The van der Waals surface area contributed by atoms with Crippen molar-refractivity contribution in [1.29, 1.82) is 0 Å². The Bertz CT molecular complexity index is 553. The molecule has 3 N–H and O–H groups in total. The zero-order valence-corrected chi connectivity index (χ0v) is 13.8. The summed E-state index contributed by atoms with van der Waals surface area (Å²) in [6.07, 6.45) is 5.07. The molecular weight excluding hydrogens is 288 g/mol. The molecule has 0 saturated heterocycles. The first kappa shape index (κ1) is 16.5. The van der Waals surface area contributed by atoms with Crippen molar-refractivity contribution in [3.63, 3.8) is 0 Å². The van der Waals surface area contributed by atoms with Crippen LogP contribution in [0.3, 0.4) is 0 Å². The zero-order chi connectivity index (χ0) is 15.5. The molecule has 2 rings (SSSR count). The maximum Gasteiger partial charge on any atom is 0.257 e. The van der Waals surface area contributed by atoms with Gasteiger partial charge in [-0.05, 0) is 18.3 Å². The molecule has 0 radical (unpaired) electrons. The average molecular weight is 314 g/mol. The van der Waals surface area contributed by atoms with Crippen molar-refractivity contribution in [2.45, 2.75) is 57.6 Å². The summed E-state index contributed by atoms with van der Waals surface area (Å²) in [5, 5.41) is 9.89. The Morgan fingerprint density at radius 3 is 2.81 bits per heavy atom. The van der Waals surface area contributed by atoms with E-state index < -0.39 is 10.0 Å². The van der Waals surface area contributed by atoms with E-state index in [-0.39, 0.29) is 5.03 Å². The van der Waals surface area contributed by atoms with Gasteiger partial charge in [0, 0.05) is 24.7 Å². The van der Waals surface area contributed by atoms with Crippen LogP contribution in [0.25, 0.3) is 0 Å². The lowest BCUT2D eigenvalue weighted by molar-refractivity contribution is 0.414. The van der Waals surface area contributed by atoms with E-state index in [2.05, 4.69) is 27.2 Å². The van der Waals surface area contributed by atoms with Crippen LogP contribution in [0, 0.1) is 11.8 Å². The molecule has 0 aromatic carbocycles. The highest BCUT2D eigenvalue weighted by molar-refractivity contribution is 7.89. The van der Waals surface area contributed by atoms with Gasteiger partial charge >= 0.3 is 0 Å². The van der Waals surface area contributed by atoms with Crippen molar-refractivity contribution in [3.8, 4) is 0 Å². The van der Waals surface area contributed by atoms with E-state index in [1.807, 2.05) is 13.8 Å². The number of nitrogens with one attached hydrogen (secondary N) is 3. The quantitative estimate of drug-likeness (QED) is 0.714. The van der Waals surface area contributed by atoms with Crippen LogP contribution in [0.5, 0.6) is 0 Å². The highest BCUT2D eigenvalue weighted by Gasteiger charge is 2.27. The van der Waals surface area contributed by atoms with Crippen LogP contribution in [0.1, 0.15) is 45.6 Å². The van der Waals surface area contributed by atoms with Crippen molar-refractivity contribution in [1.82, 2.24) is 20.2 Å². The van der Waals surface area contributed by atoms with Gasteiger partial charge in [0.05, 0.1) is 6.20 Å². The van der Waals surface area contributed by atoms with Crippen LogP contribution in [-0.2, 0) is 16.6 Å². The van der Waals surface area contributed by atoms with Gasteiger partial charge in [0.2, 0.25) is 0 Å². The van der Waals surface area contributed by atoms with Crippen molar-refractivity contribution >= 4 is 10.0 Å². The zero-order valence-electron chi connectivity index (χ0n) is 13.0. The van der Waals surface area contributed by atoms with Crippen LogP contribution in [-0.4, -0.2) is 31.2 Å². The predicted octanol–water partition coefficient (Wildman–Crippen LogP) is 1.62. The third kappa shape index (κ3) is 4.28. The largest absolute Gasteiger partial charge is 0.310 e. The van der Waals surface area contributed by atoms with Crippen molar-refractivity contribution in [2.75, 3.05) is 6.54 Å². The van der Waals surface area contributed by atoms with E-state index in [0.717, 1.165) is 6.42 Å². The summed E-state index contributed by atoms with van der Waals surface area (Å²) in [6, 6.07) is 0.294. The smallest absolute Gasteiger partial charge is 0.257 e. The molecule has 1 aromatic rings. The fourth-order valence-corrected chi connectivity index (χ4v) is 4.01. The fraction of sp³-hybridized carbons (Fsp3) is 0.786. The molecule has 1 fully saturated rings. The molecule has 1 heterocycles. The normalized spacial score (nSPS) is 23.0. The van der Waals surface area contributed by atoms with E-state index in [1.54, 1.807) is 6.20 Å². The second-order valence-electron chi connectivity index (χ2n) is 6.28. The van der Waals surface area contributed by atoms with Gasteiger partial charge in [-0.3, -0.25) is 5.10 Å². The van der Waals surface area contributed by atoms with Crippen molar-refractivity contribution in [2.24, 2.45) is 11.8 Å². The number of H-pyrrole nitrogens is 1. The highest BCUT2D eigenvalue weighted by atomic mass is 32.2. The van der Waals surface area contributed by atoms with Crippen LogP contribution in [0.4, 0.5) is 0 Å². The standard InChI is InChI=1S/C14H26N4O2S/c1-10(2)15-7-13-8-16-18-14(13)21(19,20)17-9-12-6-4-5-11(12)3/h8,10-12,15,17H,4-7,9H2,1-3H3,(H,16,18). The van der Waals surface area contributed by atoms with Gasteiger partial charge in [-0.2, -0.15) is 5.10 Å². The van der Waals surface area contributed by atoms with Gasteiger partial charge in [-0.1, -0.05) is 33.6 Å². The lowest BCUT2D eigenvalue weighted by atomic mass is 9.99. The summed E-state index contributed by atoms with van der Waals surface area (Å²) in [6.45, 7) is 7.24. The topological polar surface area (TPSA) is 86.9 Å². The number of sulfonamides is 1. The Hall–Kier alpha value is -0.920. The Labute approximate surface area is 127 Å². The fourth-order valence-electron chi connectivity index (χ4n) is 2.79. The maximum atomic E-state index is 12.4. The molecule has 21 heavy (non-hydrogen) atoms. The van der Waals surface area contributed by atoms with Crippen molar-refractivity contribution < 1.29 is 8.42 Å². The first-order valence-electron chi connectivity index (χ1n) is 7.65. The Morgan fingerprint density at radius 1 is 1.43 bits per heavy atom. The number of aromatic nitrogens is 2. The third-order valence-corrected chi connectivity index (χ3v) is 5.66. The molecule has 1 aromatic heterocycles. The molecule has 2 atom stereocenters. The Balaban J connectivity index is 2.00. The van der Waals surface area contributed by atoms with E-state index in [9.17, 15) is 8.42 Å². The maximum absolute atomic E-state index is 12.4. The van der Waals surface area contributed by atoms with Crippen LogP contribution >= 0.6 is 0 Å². The summed E-state index contributed by atoms with van der Waals surface area (Å²) in [4.78, 5) is 0. The summed E-state index contributed by atoms with van der Waals surface area (Å²) >= 11 is 0. The minimum atomic E-state index is -3.51. The Morgan fingerprint density at radius 2 is 2.19 bits per heavy atom. The number of nitrogens with zero attached hydrogens (tertiary/aromatic N) is 1. The highest BCUT2D eigenvalue weighted by Crippen LogP contribution is 2.30. The summed E-state index contributed by atoms with van der Waals surface area (Å²) in [5.74, 6) is 1.04. The van der Waals surface area contributed by atoms with Gasteiger partial charge in [0.1, 0.15) is 0 Å². The second kappa shape index (κ2) is 6.89. The van der Waals surface area contributed by atoms with Gasteiger partial charge in [0.15, 0.2) is 5.03 Å². The van der Waals surface area contributed by atoms with Gasteiger partial charge in [-0.15, -0.1) is 0 Å². The average Bonchev–Trinajstić information content (AvgIpc) is 3.03. The SMILES string of the molecule is CC(C)NCc1cn[nH]c1S(=O)(=O)NCC1CCCC1C. The number of rotatable bonds is 7. The second-order valence-corrected chi connectivity index (χ2v) is 7.98. The molecule has 120 valence electrons. The minimum Gasteiger partial charge on any atom is -0.310 e. The molecular formula is C14H26N4O2S. The summed E-state index contributed by atoms with van der Waals surface area (Å²) in [5.41, 5.74) is 0.677. The van der Waals surface area contributed by atoms with E-state index in [1.165, 1.54) is 12.8 Å². The number of hydrogen-bond donors (Lipinski definition) is 3. The van der Waals surface area contributed by atoms with Gasteiger partial charge in [0.25, 0.3) is 10.0 Å². The molecule has 0 amide bonds. The Kier molecular flexibility index (Phi) is 5.40. The minimum absolute atomic E-state index is 0.182. The molecule has 7 heteroatoms. The van der Waals surface area contributed by atoms with Gasteiger partial charge in [-0.25, -0.2) is 13.1 Å². The van der Waals surface area contributed by atoms with Gasteiger partial charge < -0.3 is 5.32 Å². The molecule has 1 aliphatic rings. The van der Waals surface area contributed by atoms with Crippen LogP contribution in [0.2, 0.25) is 0 Å². The molecule has 2 unspecified atom stereocenters. The van der Waals surface area contributed by atoms with E-state index >= 15 is 0 Å². The summed E-state index contributed by atoms with van der Waals surface area (Å²) < 4.78 is 27.6. The molecule has 0 aliphatic heterocycles. The number of aromatic amines is 1. The molecule has 0 bridgehead atoms. The molecule has 6 nitrogen and oxygen atoms in total. The van der Waals surface area contributed by atoms with Crippen LogP contribution in [0.15, 0.2) is 11.2 Å². The monoisotopic (exact) mass is 314 g/mol. The third-order valence-electron chi connectivity index (χ3n) is 4.22. The van der Waals surface area contributed by atoms with Crippen LogP contribution < -0.4 is 10.0 Å². The predicted molar refractivity (Wildman–Crippen MR) is 82.3 cm³/mol. The molecule has 1 saturated carbocycles. The first-order chi connectivity index (χ1) is 9.90. The lowest BCUT2D eigenvalue weighted by Crippen LogP contribution is -2.32. The summed E-state index contributed by atoms with van der Waals surface area (Å²) in [7, 11) is -3.51. The molecule has 0 spiro atoms.